The van der Waals surface area contributed by atoms with Gasteiger partial charge in [0.1, 0.15) is 18.5 Å². The van der Waals surface area contributed by atoms with Crippen LogP contribution in [0.1, 0.15) is 5.56 Å². The minimum absolute atomic E-state index is 0.233. The van der Waals surface area contributed by atoms with E-state index in [2.05, 4.69) is 6.58 Å². The number of ether oxygens (including phenoxy) is 3. The second-order valence-corrected chi connectivity index (χ2v) is 5.68. The molecule has 2 aromatic carbocycles. The average Bonchev–Trinajstić information content (AvgIpc) is 2.66. The van der Waals surface area contributed by atoms with Gasteiger partial charge in [-0.3, -0.25) is 4.90 Å². The first-order valence-corrected chi connectivity index (χ1v) is 8.20. The summed E-state index contributed by atoms with van der Waals surface area (Å²) in [5.41, 5.74) is 1.66. The summed E-state index contributed by atoms with van der Waals surface area (Å²) in [6, 6.07) is 17.0. The highest BCUT2D eigenvalue weighted by atomic mass is 16.6. The number of carbonyl (C=O) groups excluding carboxylic acids is 1. The van der Waals surface area contributed by atoms with Crippen molar-refractivity contribution in [3.05, 3.63) is 72.8 Å². The molecule has 0 N–H and O–H groups in total. The quantitative estimate of drug-likeness (QED) is 0.593. The number of rotatable bonds is 6. The van der Waals surface area contributed by atoms with Gasteiger partial charge < -0.3 is 14.2 Å². The van der Waals surface area contributed by atoms with Crippen LogP contribution in [-0.2, 0) is 16.1 Å². The van der Waals surface area contributed by atoms with Crippen molar-refractivity contribution in [1.82, 2.24) is 0 Å². The van der Waals surface area contributed by atoms with Gasteiger partial charge in [-0.25, -0.2) is 4.79 Å². The second kappa shape index (κ2) is 8.35. The Bertz CT molecular complexity index is 717. The lowest BCUT2D eigenvalue weighted by Crippen LogP contribution is -2.45. The molecule has 5 heteroatoms. The number of benzene rings is 2. The van der Waals surface area contributed by atoms with Crippen molar-refractivity contribution in [3.8, 4) is 5.75 Å². The van der Waals surface area contributed by atoms with Gasteiger partial charge in [0.25, 0.3) is 0 Å². The summed E-state index contributed by atoms with van der Waals surface area (Å²) >= 11 is 0. The number of amides is 1. The molecule has 3 rings (SSSR count). The zero-order chi connectivity index (χ0) is 17.5. The first-order chi connectivity index (χ1) is 12.3. The number of para-hydroxylation sites is 2. The Kier molecular flexibility index (Phi) is 5.69. The van der Waals surface area contributed by atoms with E-state index in [0.29, 0.717) is 31.2 Å². The van der Waals surface area contributed by atoms with E-state index < -0.39 is 6.09 Å². The number of carbonyl (C=O) groups is 1. The summed E-state index contributed by atoms with van der Waals surface area (Å²) in [7, 11) is 0. The highest BCUT2D eigenvalue weighted by Gasteiger charge is 2.30. The summed E-state index contributed by atoms with van der Waals surface area (Å²) in [5, 5.41) is 0. The van der Waals surface area contributed by atoms with Crippen molar-refractivity contribution in [1.29, 1.82) is 0 Å². The Hall–Kier alpha value is -2.79. The zero-order valence-corrected chi connectivity index (χ0v) is 14.0. The topological polar surface area (TPSA) is 48.0 Å². The summed E-state index contributed by atoms with van der Waals surface area (Å²) in [4.78, 5) is 14.2. The van der Waals surface area contributed by atoms with Gasteiger partial charge in [0.05, 0.1) is 25.4 Å². The lowest BCUT2D eigenvalue weighted by atomic mass is 10.2. The van der Waals surface area contributed by atoms with Gasteiger partial charge in [0.15, 0.2) is 0 Å². The van der Waals surface area contributed by atoms with Gasteiger partial charge in [0.2, 0.25) is 0 Å². The van der Waals surface area contributed by atoms with Crippen LogP contribution in [-0.4, -0.2) is 32.0 Å². The van der Waals surface area contributed by atoms with Crippen molar-refractivity contribution in [2.45, 2.75) is 12.7 Å². The third-order valence-electron chi connectivity index (χ3n) is 3.80. The van der Waals surface area contributed by atoms with Gasteiger partial charge >= 0.3 is 6.09 Å². The molecular weight excluding hydrogens is 318 g/mol. The minimum Gasteiger partial charge on any atom is -0.484 e. The fourth-order valence-corrected chi connectivity index (χ4v) is 2.64. The maximum atomic E-state index is 12.6. The number of anilines is 1. The molecule has 5 nitrogen and oxygen atoms in total. The van der Waals surface area contributed by atoms with Crippen molar-refractivity contribution in [3.63, 3.8) is 0 Å². The molecule has 25 heavy (non-hydrogen) atoms. The molecule has 0 saturated heterocycles. The smallest absolute Gasteiger partial charge is 0.414 e. The van der Waals surface area contributed by atoms with Gasteiger partial charge in [-0.1, -0.05) is 48.5 Å². The third-order valence-corrected chi connectivity index (χ3v) is 3.80. The third kappa shape index (κ3) is 4.39. The van der Waals surface area contributed by atoms with E-state index in [-0.39, 0.29) is 12.7 Å². The molecule has 0 fully saturated rings. The molecule has 1 aliphatic rings. The van der Waals surface area contributed by atoms with E-state index >= 15 is 0 Å². The van der Waals surface area contributed by atoms with Crippen LogP contribution in [0.25, 0.3) is 0 Å². The maximum absolute atomic E-state index is 12.6. The van der Waals surface area contributed by atoms with Crippen LogP contribution in [0, 0.1) is 0 Å². The highest BCUT2D eigenvalue weighted by molar-refractivity contribution is 5.90. The van der Waals surface area contributed by atoms with E-state index in [4.69, 9.17) is 14.2 Å². The van der Waals surface area contributed by atoms with Crippen LogP contribution in [0.5, 0.6) is 5.75 Å². The molecule has 1 aliphatic heterocycles. The lowest BCUT2D eigenvalue weighted by Gasteiger charge is -2.34. The number of nitrogens with zero attached hydrogens (tertiary/aromatic N) is 1. The summed E-state index contributed by atoms with van der Waals surface area (Å²) in [6.45, 7) is 5.06. The lowest BCUT2D eigenvalue weighted by molar-refractivity contribution is 0.0606. The van der Waals surface area contributed by atoms with Crippen LogP contribution in [0.3, 0.4) is 0 Å². The Morgan fingerprint density at radius 2 is 1.96 bits per heavy atom. The normalized spacial score (nSPS) is 15.8. The van der Waals surface area contributed by atoms with Gasteiger partial charge in [-0.2, -0.15) is 0 Å². The van der Waals surface area contributed by atoms with Crippen LogP contribution < -0.4 is 9.64 Å². The predicted octanol–water partition coefficient (Wildman–Crippen LogP) is 3.79. The van der Waals surface area contributed by atoms with E-state index in [1.54, 1.807) is 11.0 Å². The van der Waals surface area contributed by atoms with Gasteiger partial charge in [0, 0.05) is 0 Å². The van der Waals surface area contributed by atoms with Crippen LogP contribution >= 0.6 is 0 Å². The van der Waals surface area contributed by atoms with Gasteiger partial charge in [-0.05, 0) is 17.7 Å². The second-order valence-electron chi connectivity index (χ2n) is 5.68. The molecule has 2 aromatic rings. The Labute approximate surface area is 147 Å². The molecule has 1 atom stereocenters. The average molecular weight is 339 g/mol. The molecular formula is C20H21NO4. The summed E-state index contributed by atoms with van der Waals surface area (Å²) in [6.07, 6.45) is 1.04. The molecule has 0 bridgehead atoms. The van der Waals surface area contributed by atoms with E-state index in [9.17, 15) is 4.79 Å². The molecule has 0 saturated carbocycles. The molecule has 130 valence electrons. The largest absolute Gasteiger partial charge is 0.484 e. The number of hydrogen-bond acceptors (Lipinski definition) is 4. The number of fused-ring (bicyclic) bond motifs is 1. The molecule has 0 aliphatic carbocycles. The monoisotopic (exact) mass is 339 g/mol. The molecule has 0 radical (unpaired) electrons. The molecule has 0 spiro atoms. The van der Waals surface area contributed by atoms with Crippen molar-refractivity contribution in [2.75, 3.05) is 24.7 Å². The Morgan fingerprint density at radius 3 is 2.76 bits per heavy atom. The molecule has 1 amide bonds. The van der Waals surface area contributed by atoms with Crippen molar-refractivity contribution >= 4 is 11.8 Å². The molecule has 0 unspecified atom stereocenters. The summed E-state index contributed by atoms with van der Waals surface area (Å²) < 4.78 is 16.9. The van der Waals surface area contributed by atoms with Crippen LogP contribution in [0.15, 0.2) is 67.3 Å². The van der Waals surface area contributed by atoms with Gasteiger partial charge in [-0.15, -0.1) is 6.58 Å². The van der Waals surface area contributed by atoms with Crippen LogP contribution in [0.4, 0.5) is 10.5 Å². The minimum atomic E-state index is -0.395. The first kappa shape index (κ1) is 17.0. The highest BCUT2D eigenvalue weighted by Crippen LogP contribution is 2.33. The van der Waals surface area contributed by atoms with Crippen molar-refractivity contribution < 1.29 is 19.0 Å². The predicted molar refractivity (Wildman–Crippen MR) is 95.8 cm³/mol. The standard InChI is InChI=1S/C20H21NO4/c1-2-12-23-15-17-13-21(18-10-6-7-11-19(18)25-17)20(22)24-14-16-8-4-3-5-9-16/h2-11,17H,1,12-15H2/t17-/m0/s1. The van der Waals surface area contributed by atoms with Crippen LogP contribution in [0.2, 0.25) is 0 Å². The van der Waals surface area contributed by atoms with E-state index in [1.807, 2.05) is 54.6 Å². The van der Waals surface area contributed by atoms with Crippen molar-refractivity contribution in [2.24, 2.45) is 0 Å². The molecule has 1 heterocycles. The van der Waals surface area contributed by atoms with E-state index in [1.165, 1.54) is 0 Å². The SMILES string of the molecule is C=CCOC[C@@H]1CN(C(=O)OCc2ccccc2)c2ccccc2O1. The Balaban J connectivity index is 1.69. The first-order valence-electron chi connectivity index (χ1n) is 8.20. The fourth-order valence-electron chi connectivity index (χ4n) is 2.64. The zero-order valence-electron chi connectivity index (χ0n) is 14.0. The number of hydrogen-bond donors (Lipinski definition) is 0. The maximum Gasteiger partial charge on any atom is 0.414 e. The van der Waals surface area contributed by atoms with E-state index in [0.717, 1.165) is 5.56 Å². The Morgan fingerprint density at radius 1 is 1.20 bits per heavy atom. The molecule has 0 aromatic heterocycles. The summed E-state index contributed by atoms with van der Waals surface area (Å²) in [5.74, 6) is 0.651. The fraction of sp³-hybridized carbons (Fsp3) is 0.250.